The number of benzene rings is 1. The van der Waals surface area contributed by atoms with E-state index in [0.717, 1.165) is 16.6 Å². The van der Waals surface area contributed by atoms with Crippen LogP contribution in [0.25, 0.3) is 0 Å². The Morgan fingerprint density at radius 2 is 2.20 bits per heavy atom. The molecule has 0 spiro atoms. The van der Waals surface area contributed by atoms with Gasteiger partial charge in [-0.25, -0.2) is 4.98 Å². The molecule has 1 atom stereocenters. The predicted octanol–water partition coefficient (Wildman–Crippen LogP) is 3.15. The van der Waals surface area contributed by atoms with Gasteiger partial charge in [0.1, 0.15) is 0 Å². The van der Waals surface area contributed by atoms with Crippen molar-refractivity contribution >= 4 is 27.3 Å². The third-order valence-corrected chi connectivity index (χ3v) is 3.61. The highest BCUT2D eigenvalue weighted by molar-refractivity contribution is 9.10. The number of halogens is 1. The van der Waals surface area contributed by atoms with Gasteiger partial charge in [-0.05, 0) is 18.1 Å². The summed E-state index contributed by atoms with van der Waals surface area (Å²) in [5.41, 5.74) is 10.1. The summed E-state index contributed by atoms with van der Waals surface area (Å²) in [7, 11) is 0. The molecule has 1 heterocycles. The maximum Gasteiger partial charge on any atom is 0.0795 e. The number of hydrogen-bond acceptors (Lipinski definition) is 3. The smallest absolute Gasteiger partial charge is 0.0795 e. The largest absolute Gasteiger partial charge is 0.322 e. The maximum atomic E-state index is 6.06. The van der Waals surface area contributed by atoms with Gasteiger partial charge in [-0.15, -0.1) is 11.3 Å². The summed E-state index contributed by atoms with van der Waals surface area (Å²) < 4.78 is 1.11. The molecule has 78 valence electrons. The molecule has 2 nitrogen and oxygen atoms in total. The van der Waals surface area contributed by atoms with Gasteiger partial charge in [0.2, 0.25) is 0 Å². The van der Waals surface area contributed by atoms with Crippen LogP contribution in [0, 0.1) is 0 Å². The molecule has 2 rings (SSSR count). The van der Waals surface area contributed by atoms with Crippen molar-refractivity contribution in [3.63, 3.8) is 0 Å². The fourth-order valence-electron chi connectivity index (χ4n) is 1.41. The zero-order valence-corrected chi connectivity index (χ0v) is 10.5. The van der Waals surface area contributed by atoms with Gasteiger partial charge in [0.25, 0.3) is 0 Å². The molecule has 1 aromatic carbocycles. The Hall–Kier alpha value is -0.710. The van der Waals surface area contributed by atoms with Crippen LogP contribution in [0.5, 0.6) is 0 Å². The van der Waals surface area contributed by atoms with E-state index in [0.29, 0.717) is 0 Å². The van der Waals surface area contributed by atoms with Crippen LogP contribution >= 0.6 is 27.3 Å². The van der Waals surface area contributed by atoms with Crippen molar-refractivity contribution < 1.29 is 0 Å². The van der Waals surface area contributed by atoms with Crippen LogP contribution in [-0.4, -0.2) is 4.98 Å². The van der Waals surface area contributed by atoms with Crippen LogP contribution in [0.2, 0.25) is 0 Å². The van der Waals surface area contributed by atoms with E-state index in [-0.39, 0.29) is 6.04 Å². The molecule has 0 aliphatic carbocycles. The van der Waals surface area contributed by atoms with E-state index in [1.807, 2.05) is 29.1 Å². The van der Waals surface area contributed by atoms with Crippen molar-refractivity contribution in [2.75, 3.05) is 0 Å². The van der Waals surface area contributed by atoms with E-state index in [4.69, 9.17) is 5.73 Å². The van der Waals surface area contributed by atoms with Crippen molar-refractivity contribution in [1.29, 1.82) is 0 Å². The topological polar surface area (TPSA) is 38.9 Å². The number of hydrogen-bond donors (Lipinski definition) is 1. The Bertz CT molecular complexity index is 428. The van der Waals surface area contributed by atoms with E-state index >= 15 is 0 Å². The molecule has 15 heavy (non-hydrogen) atoms. The highest BCUT2D eigenvalue weighted by atomic mass is 79.9. The summed E-state index contributed by atoms with van der Waals surface area (Å²) in [6.45, 7) is 0. The highest BCUT2D eigenvalue weighted by Crippen LogP contribution is 2.22. The average Bonchev–Trinajstić information content (AvgIpc) is 2.74. The predicted molar refractivity (Wildman–Crippen MR) is 66.9 cm³/mol. The molecule has 0 saturated carbocycles. The van der Waals surface area contributed by atoms with Crippen LogP contribution in [-0.2, 0) is 6.42 Å². The van der Waals surface area contributed by atoms with Crippen LogP contribution < -0.4 is 5.73 Å². The van der Waals surface area contributed by atoms with Gasteiger partial charge < -0.3 is 5.73 Å². The highest BCUT2D eigenvalue weighted by Gasteiger charge is 2.10. The Balaban J connectivity index is 2.13. The third kappa shape index (κ3) is 2.65. The molecule has 0 amide bonds. The fourth-order valence-corrected chi connectivity index (χ4v) is 2.48. The fraction of sp³-hybridized carbons (Fsp3) is 0.182. The molecule has 1 aromatic heterocycles. The molecule has 0 bridgehead atoms. The molecular formula is C11H11BrN2S. The van der Waals surface area contributed by atoms with Gasteiger partial charge in [0, 0.05) is 9.85 Å². The summed E-state index contributed by atoms with van der Waals surface area (Å²) in [6, 6.07) is 8.12. The van der Waals surface area contributed by atoms with Crippen LogP contribution in [0.1, 0.15) is 17.3 Å². The SMILES string of the molecule is NC(Cc1ccccc1Br)c1cscn1. The van der Waals surface area contributed by atoms with Crippen LogP contribution in [0.4, 0.5) is 0 Å². The van der Waals surface area contributed by atoms with Crippen molar-refractivity contribution in [1.82, 2.24) is 4.98 Å². The molecule has 0 saturated heterocycles. The van der Waals surface area contributed by atoms with Gasteiger partial charge in [0.15, 0.2) is 0 Å². The van der Waals surface area contributed by atoms with E-state index in [1.54, 1.807) is 11.3 Å². The van der Waals surface area contributed by atoms with E-state index in [9.17, 15) is 0 Å². The Labute approximate surface area is 101 Å². The zero-order chi connectivity index (χ0) is 10.7. The summed E-state index contributed by atoms with van der Waals surface area (Å²) in [6.07, 6.45) is 0.811. The number of thiazole rings is 1. The quantitative estimate of drug-likeness (QED) is 0.939. The lowest BCUT2D eigenvalue weighted by Crippen LogP contribution is -2.13. The second kappa shape index (κ2) is 4.88. The minimum Gasteiger partial charge on any atom is -0.322 e. The lowest BCUT2D eigenvalue weighted by Gasteiger charge is -2.10. The molecule has 4 heteroatoms. The van der Waals surface area contributed by atoms with Gasteiger partial charge >= 0.3 is 0 Å². The minimum absolute atomic E-state index is 0.0186. The normalized spacial score (nSPS) is 12.7. The third-order valence-electron chi connectivity index (χ3n) is 2.23. The van der Waals surface area contributed by atoms with Crippen LogP contribution in [0.15, 0.2) is 39.6 Å². The zero-order valence-electron chi connectivity index (χ0n) is 8.06. The molecule has 0 radical (unpaired) electrons. The Kier molecular flexibility index (Phi) is 3.51. The first kappa shape index (κ1) is 10.8. The van der Waals surface area contributed by atoms with Crippen molar-refractivity contribution in [2.45, 2.75) is 12.5 Å². The van der Waals surface area contributed by atoms with Gasteiger partial charge in [0.05, 0.1) is 17.2 Å². The van der Waals surface area contributed by atoms with Crippen molar-refractivity contribution in [3.8, 4) is 0 Å². The first-order valence-electron chi connectivity index (χ1n) is 4.64. The standard InChI is InChI=1S/C11H11BrN2S/c12-9-4-2-1-3-8(9)5-10(13)11-6-15-7-14-11/h1-4,6-7,10H,5,13H2. The second-order valence-corrected chi connectivity index (χ2v) is 4.89. The lowest BCUT2D eigenvalue weighted by molar-refractivity contribution is 0.700. The summed E-state index contributed by atoms with van der Waals surface area (Å²) >= 11 is 5.09. The minimum atomic E-state index is -0.0186. The monoisotopic (exact) mass is 282 g/mol. The summed E-state index contributed by atoms with van der Waals surface area (Å²) in [4.78, 5) is 4.22. The van der Waals surface area contributed by atoms with Gasteiger partial charge in [-0.1, -0.05) is 34.1 Å². The summed E-state index contributed by atoms with van der Waals surface area (Å²) in [5, 5.41) is 2.00. The lowest BCUT2D eigenvalue weighted by atomic mass is 10.1. The van der Waals surface area contributed by atoms with Gasteiger partial charge in [-0.2, -0.15) is 0 Å². The van der Waals surface area contributed by atoms with Gasteiger partial charge in [-0.3, -0.25) is 0 Å². The molecule has 0 aliphatic heterocycles. The van der Waals surface area contributed by atoms with Crippen LogP contribution in [0.3, 0.4) is 0 Å². The van der Waals surface area contributed by atoms with E-state index in [2.05, 4.69) is 27.0 Å². The second-order valence-electron chi connectivity index (χ2n) is 3.32. The van der Waals surface area contributed by atoms with Crippen molar-refractivity contribution in [3.05, 3.63) is 50.9 Å². The molecular weight excluding hydrogens is 272 g/mol. The summed E-state index contributed by atoms with van der Waals surface area (Å²) in [5.74, 6) is 0. The molecule has 0 aliphatic rings. The molecule has 2 N–H and O–H groups in total. The first-order chi connectivity index (χ1) is 7.27. The van der Waals surface area contributed by atoms with Crippen molar-refractivity contribution in [2.24, 2.45) is 5.73 Å². The Morgan fingerprint density at radius 3 is 2.87 bits per heavy atom. The number of rotatable bonds is 3. The maximum absolute atomic E-state index is 6.06. The number of nitrogens with zero attached hydrogens (tertiary/aromatic N) is 1. The molecule has 2 aromatic rings. The molecule has 1 unspecified atom stereocenters. The number of nitrogens with two attached hydrogens (primary N) is 1. The van der Waals surface area contributed by atoms with E-state index < -0.39 is 0 Å². The first-order valence-corrected chi connectivity index (χ1v) is 6.38. The van der Waals surface area contributed by atoms with E-state index in [1.165, 1.54) is 5.56 Å². The molecule has 0 fully saturated rings. The Morgan fingerprint density at radius 1 is 1.40 bits per heavy atom. The average molecular weight is 283 g/mol. The number of aromatic nitrogens is 1.